The maximum Gasteiger partial charge on any atom is 0.332 e. The average molecular weight is 268 g/mol. The second-order valence-electron chi connectivity index (χ2n) is 5.51. The fourth-order valence-corrected chi connectivity index (χ4v) is 2.30. The van der Waals surface area contributed by atoms with Crippen molar-refractivity contribution in [3.63, 3.8) is 0 Å². The largest absolute Gasteiger partial charge is 0.466 e. The van der Waals surface area contributed by atoms with Crippen LogP contribution in [0.1, 0.15) is 84.0 Å². The van der Waals surface area contributed by atoms with E-state index in [4.69, 9.17) is 0 Å². The van der Waals surface area contributed by atoms with Crippen LogP contribution in [0.2, 0.25) is 0 Å². The molecule has 0 N–H and O–H groups in total. The lowest BCUT2D eigenvalue weighted by Gasteiger charge is -2.05. The van der Waals surface area contributed by atoms with Crippen molar-refractivity contribution in [1.82, 2.24) is 0 Å². The van der Waals surface area contributed by atoms with Crippen molar-refractivity contribution < 1.29 is 9.53 Å². The highest BCUT2D eigenvalue weighted by molar-refractivity contribution is 5.86. The molecule has 0 spiro atoms. The fourth-order valence-electron chi connectivity index (χ4n) is 2.30. The normalized spacial score (nSPS) is 18.0. The first-order valence-electron chi connectivity index (χ1n) is 7.92. The summed E-state index contributed by atoms with van der Waals surface area (Å²) in [5.41, 5.74) is 0.433. The van der Waals surface area contributed by atoms with Crippen LogP contribution in [0.15, 0.2) is 12.2 Å². The SMILES string of the molecule is C1CCCCCCCCCCC1.C=C(C)C(=O)OC. The van der Waals surface area contributed by atoms with Crippen molar-refractivity contribution in [3.05, 3.63) is 12.2 Å². The molecule has 0 bridgehead atoms. The molecule has 1 aliphatic rings. The molecule has 0 aromatic carbocycles. The molecule has 0 aromatic rings. The van der Waals surface area contributed by atoms with Gasteiger partial charge >= 0.3 is 5.97 Å². The van der Waals surface area contributed by atoms with Crippen LogP contribution >= 0.6 is 0 Å². The van der Waals surface area contributed by atoms with Gasteiger partial charge in [0, 0.05) is 5.57 Å². The van der Waals surface area contributed by atoms with E-state index in [1.54, 1.807) is 6.92 Å². The number of methoxy groups -OCH3 is 1. The fraction of sp³-hybridized carbons (Fsp3) is 0.824. The lowest BCUT2D eigenvalue weighted by molar-refractivity contribution is -0.136. The third-order valence-corrected chi connectivity index (χ3v) is 3.53. The van der Waals surface area contributed by atoms with Crippen molar-refractivity contribution in [3.8, 4) is 0 Å². The first-order valence-corrected chi connectivity index (χ1v) is 7.92. The molecule has 0 amide bonds. The van der Waals surface area contributed by atoms with Gasteiger partial charge in [-0.2, -0.15) is 0 Å². The summed E-state index contributed by atoms with van der Waals surface area (Å²) < 4.78 is 4.27. The molecule has 0 radical (unpaired) electrons. The topological polar surface area (TPSA) is 26.3 Å². The van der Waals surface area contributed by atoms with Gasteiger partial charge in [-0.1, -0.05) is 83.6 Å². The van der Waals surface area contributed by atoms with E-state index in [9.17, 15) is 4.79 Å². The molecule has 2 nitrogen and oxygen atoms in total. The van der Waals surface area contributed by atoms with Gasteiger partial charge in [0.2, 0.25) is 0 Å². The molecule has 1 rings (SSSR count). The van der Waals surface area contributed by atoms with E-state index in [0.717, 1.165) is 0 Å². The monoisotopic (exact) mass is 268 g/mol. The summed E-state index contributed by atoms with van der Waals surface area (Å²) in [5.74, 6) is -0.347. The van der Waals surface area contributed by atoms with Gasteiger partial charge in [-0.3, -0.25) is 0 Å². The van der Waals surface area contributed by atoms with Crippen LogP contribution in [0.25, 0.3) is 0 Å². The van der Waals surface area contributed by atoms with Crippen LogP contribution in [0, 0.1) is 0 Å². The van der Waals surface area contributed by atoms with Crippen LogP contribution < -0.4 is 0 Å². The molecule has 2 heteroatoms. The average Bonchev–Trinajstić information content (AvgIpc) is 2.39. The molecular weight excluding hydrogens is 236 g/mol. The van der Waals surface area contributed by atoms with Crippen molar-refractivity contribution in [2.45, 2.75) is 84.0 Å². The Kier molecular flexibility index (Phi) is 13.1. The third kappa shape index (κ3) is 13.4. The highest BCUT2D eigenvalue weighted by Crippen LogP contribution is 2.15. The summed E-state index contributed by atoms with van der Waals surface area (Å²) >= 11 is 0. The molecule has 1 saturated carbocycles. The van der Waals surface area contributed by atoms with Gasteiger partial charge < -0.3 is 4.74 Å². The number of ether oxygens (including phenoxy) is 1. The first kappa shape index (κ1) is 18.2. The molecular formula is C17H32O2. The summed E-state index contributed by atoms with van der Waals surface area (Å²) in [4.78, 5) is 10.2. The Morgan fingerprint density at radius 3 is 1.00 bits per heavy atom. The Morgan fingerprint density at radius 1 is 0.737 bits per heavy atom. The van der Waals surface area contributed by atoms with Gasteiger partial charge in [-0.05, 0) is 6.92 Å². The summed E-state index contributed by atoms with van der Waals surface area (Å²) in [5, 5.41) is 0. The standard InChI is InChI=1S/C12H24.C5H8O2/c1-2-4-6-8-10-12-11-9-7-5-3-1;1-4(2)5(6)7-3/h1-12H2;1H2,2-3H3. The highest BCUT2D eigenvalue weighted by Gasteiger charge is 1.96. The zero-order valence-electron chi connectivity index (χ0n) is 13.0. The molecule has 0 unspecified atom stereocenters. The predicted octanol–water partition coefficient (Wildman–Crippen LogP) is 5.42. The van der Waals surface area contributed by atoms with E-state index in [2.05, 4.69) is 11.3 Å². The molecule has 0 heterocycles. The second kappa shape index (κ2) is 13.6. The van der Waals surface area contributed by atoms with E-state index in [0.29, 0.717) is 5.57 Å². The summed E-state index contributed by atoms with van der Waals surface area (Å²) in [6.45, 7) is 4.95. The first-order chi connectivity index (χ1) is 9.18. The molecule has 19 heavy (non-hydrogen) atoms. The van der Waals surface area contributed by atoms with E-state index in [1.165, 1.54) is 84.2 Å². The summed E-state index contributed by atoms with van der Waals surface area (Å²) in [6.07, 6.45) is 18.0. The molecule has 0 aromatic heterocycles. The van der Waals surface area contributed by atoms with Gasteiger partial charge in [0.25, 0.3) is 0 Å². The highest BCUT2D eigenvalue weighted by atomic mass is 16.5. The van der Waals surface area contributed by atoms with E-state index < -0.39 is 0 Å². The minimum atomic E-state index is -0.347. The smallest absolute Gasteiger partial charge is 0.332 e. The van der Waals surface area contributed by atoms with Gasteiger partial charge in [0.1, 0.15) is 0 Å². The predicted molar refractivity (Wildman–Crippen MR) is 82.2 cm³/mol. The number of esters is 1. The molecule has 0 saturated heterocycles. The number of rotatable bonds is 1. The minimum Gasteiger partial charge on any atom is -0.466 e. The molecule has 112 valence electrons. The maximum absolute atomic E-state index is 10.2. The van der Waals surface area contributed by atoms with Crippen LogP contribution in [0.5, 0.6) is 0 Å². The molecule has 1 aliphatic carbocycles. The Morgan fingerprint density at radius 2 is 0.947 bits per heavy atom. The number of carbonyl (C=O) groups excluding carboxylic acids is 1. The van der Waals surface area contributed by atoms with Gasteiger partial charge in [0.15, 0.2) is 0 Å². The van der Waals surface area contributed by atoms with Crippen LogP contribution in [0.4, 0.5) is 0 Å². The molecule has 0 atom stereocenters. The van der Waals surface area contributed by atoms with Crippen molar-refractivity contribution in [1.29, 1.82) is 0 Å². The molecule has 1 fully saturated rings. The number of carbonyl (C=O) groups is 1. The van der Waals surface area contributed by atoms with E-state index in [1.807, 2.05) is 0 Å². The Bertz CT molecular complexity index is 190. The van der Waals surface area contributed by atoms with E-state index >= 15 is 0 Å². The van der Waals surface area contributed by atoms with Crippen LogP contribution in [-0.4, -0.2) is 13.1 Å². The van der Waals surface area contributed by atoms with E-state index in [-0.39, 0.29) is 5.97 Å². The van der Waals surface area contributed by atoms with Crippen molar-refractivity contribution in [2.75, 3.05) is 7.11 Å². The zero-order chi connectivity index (χ0) is 14.3. The van der Waals surface area contributed by atoms with Crippen LogP contribution in [0.3, 0.4) is 0 Å². The quantitative estimate of drug-likeness (QED) is 0.469. The zero-order valence-corrected chi connectivity index (χ0v) is 13.0. The van der Waals surface area contributed by atoms with Crippen LogP contribution in [-0.2, 0) is 9.53 Å². The maximum atomic E-state index is 10.2. The summed E-state index contributed by atoms with van der Waals surface area (Å²) in [6, 6.07) is 0. The van der Waals surface area contributed by atoms with Gasteiger partial charge in [0.05, 0.1) is 7.11 Å². The number of hydrogen-bond acceptors (Lipinski definition) is 2. The minimum absolute atomic E-state index is 0.347. The van der Waals surface area contributed by atoms with Gasteiger partial charge in [-0.25, -0.2) is 4.79 Å². The lowest BCUT2D eigenvalue weighted by Crippen LogP contribution is -1.98. The third-order valence-electron chi connectivity index (χ3n) is 3.53. The lowest BCUT2D eigenvalue weighted by atomic mass is 10.0. The Balaban J connectivity index is 0.000000399. The van der Waals surface area contributed by atoms with Gasteiger partial charge in [-0.15, -0.1) is 0 Å². The second-order valence-corrected chi connectivity index (χ2v) is 5.51. The van der Waals surface area contributed by atoms with Crippen molar-refractivity contribution >= 4 is 5.97 Å². The Hall–Kier alpha value is -0.790. The summed E-state index contributed by atoms with van der Waals surface area (Å²) in [7, 11) is 1.33. The Labute approximate surface area is 119 Å². The molecule has 0 aliphatic heterocycles. The number of hydrogen-bond donors (Lipinski definition) is 0. The van der Waals surface area contributed by atoms with Crippen molar-refractivity contribution in [2.24, 2.45) is 0 Å².